The molecule has 3 aromatic carbocycles. The summed E-state index contributed by atoms with van der Waals surface area (Å²) in [5.41, 5.74) is 8.91. The molecule has 1 spiro atoms. The Bertz CT molecular complexity index is 1080. The fourth-order valence-electron chi connectivity index (χ4n) is 6.95. The maximum absolute atomic E-state index is 6.14. The molecule has 3 aliphatic carbocycles. The highest BCUT2D eigenvalue weighted by Crippen LogP contribution is 2.62. The Kier molecular flexibility index (Phi) is 3.97. The lowest BCUT2D eigenvalue weighted by Crippen LogP contribution is -2.44. The standard InChI is InChI=1S/C28H27Cl/c1-18-14-19-12-13-28(22(15-18)16-19)26-5-3-2-4-24(26)25-11-8-21(17-27(25)28)20-6-9-23(29)10-7-20/h2-11,17-19,22H,12-16H2,1H3. The van der Waals surface area contributed by atoms with E-state index in [1.165, 1.54) is 54.4 Å². The van der Waals surface area contributed by atoms with Gasteiger partial charge >= 0.3 is 0 Å². The molecular weight excluding hydrogens is 372 g/mol. The molecule has 29 heavy (non-hydrogen) atoms. The van der Waals surface area contributed by atoms with Gasteiger partial charge in [-0.15, -0.1) is 0 Å². The Labute approximate surface area is 178 Å². The zero-order valence-corrected chi connectivity index (χ0v) is 17.8. The minimum absolute atomic E-state index is 0.208. The molecule has 146 valence electrons. The third-order valence-electron chi connectivity index (χ3n) is 8.06. The summed E-state index contributed by atoms with van der Waals surface area (Å²) >= 11 is 6.14. The van der Waals surface area contributed by atoms with Gasteiger partial charge in [0.2, 0.25) is 0 Å². The van der Waals surface area contributed by atoms with Gasteiger partial charge in [0.05, 0.1) is 0 Å². The molecule has 3 aliphatic rings. The van der Waals surface area contributed by atoms with Crippen molar-refractivity contribution in [1.29, 1.82) is 0 Å². The van der Waals surface area contributed by atoms with Gasteiger partial charge in [0.25, 0.3) is 0 Å². The first-order chi connectivity index (χ1) is 14.1. The van der Waals surface area contributed by atoms with Crippen molar-refractivity contribution in [3.63, 3.8) is 0 Å². The van der Waals surface area contributed by atoms with Crippen LogP contribution in [0.25, 0.3) is 22.3 Å². The molecule has 3 aromatic rings. The van der Waals surface area contributed by atoms with E-state index in [0.29, 0.717) is 0 Å². The van der Waals surface area contributed by atoms with E-state index in [1.54, 1.807) is 11.1 Å². The number of hydrogen-bond acceptors (Lipinski definition) is 0. The van der Waals surface area contributed by atoms with Crippen LogP contribution in [0.2, 0.25) is 5.02 Å². The SMILES string of the molecule is CC1CC2CCC3(c4ccccc4-c4ccc(-c5ccc(Cl)cc5)cc43)C(C1)C2. The summed E-state index contributed by atoms with van der Waals surface area (Å²) in [5, 5.41) is 0.799. The third kappa shape index (κ3) is 2.58. The second-order valence-electron chi connectivity index (χ2n) is 9.70. The summed E-state index contributed by atoms with van der Waals surface area (Å²) < 4.78 is 0. The second-order valence-corrected chi connectivity index (χ2v) is 10.1. The summed E-state index contributed by atoms with van der Waals surface area (Å²) in [6, 6.07) is 24.7. The highest BCUT2D eigenvalue weighted by atomic mass is 35.5. The lowest BCUT2D eigenvalue weighted by atomic mass is 9.53. The normalized spacial score (nSPS) is 29.5. The molecule has 0 saturated heterocycles. The van der Waals surface area contributed by atoms with E-state index in [1.807, 2.05) is 12.1 Å². The largest absolute Gasteiger partial charge is 0.0843 e. The molecule has 6 rings (SSSR count). The minimum Gasteiger partial charge on any atom is -0.0843 e. The molecule has 0 amide bonds. The van der Waals surface area contributed by atoms with Crippen LogP contribution in [0.5, 0.6) is 0 Å². The second kappa shape index (κ2) is 6.47. The third-order valence-corrected chi connectivity index (χ3v) is 8.31. The fourth-order valence-corrected chi connectivity index (χ4v) is 7.08. The Morgan fingerprint density at radius 1 is 0.793 bits per heavy atom. The van der Waals surface area contributed by atoms with E-state index in [4.69, 9.17) is 11.6 Å². The lowest BCUT2D eigenvalue weighted by Gasteiger charge is -2.50. The molecule has 0 N–H and O–H groups in total. The zero-order chi connectivity index (χ0) is 19.6. The van der Waals surface area contributed by atoms with Crippen molar-refractivity contribution >= 4 is 11.6 Å². The van der Waals surface area contributed by atoms with Gasteiger partial charge in [0, 0.05) is 10.4 Å². The van der Waals surface area contributed by atoms with Crippen molar-refractivity contribution < 1.29 is 0 Å². The molecule has 0 heterocycles. The van der Waals surface area contributed by atoms with Crippen molar-refractivity contribution in [2.75, 3.05) is 0 Å². The molecule has 4 atom stereocenters. The predicted octanol–water partition coefficient (Wildman–Crippen LogP) is 8.12. The molecule has 4 unspecified atom stereocenters. The van der Waals surface area contributed by atoms with Crippen molar-refractivity contribution in [2.24, 2.45) is 17.8 Å². The first-order valence-corrected chi connectivity index (χ1v) is 11.5. The van der Waals surface area contributed by atoms with Crippen LogP contribution in [0.3, 0.4) is 0 Å². The van der Waals surface area contributed by atoms with Crippen LogP contribution in [0, 0.1) is 17.8 Å². The minimum atomic E-state index is 0.208. The first-order valence-electron chi connectivity index (χ1n) is 11.2. The van der Waals surface area contributed by atoms with E-state index in [0.717, 1.165) is 22.8 Å². The fraction of sp³-hybridized carbons (Fsp3) is 0.357. The molecular formula is C28H27Cl. The van der Waals surface area contributed by atoms with Crippen LogP contribution in [-0.2, 0) is 5.41 Å². The highest BCUT2D eigenvalue weighted by Gasteiger charge is 2.52. The van der Waals surface area contributed by atoms with E-state index in [2.05, 4.69) is 61.5 Å². The number of benzene rings is 3. The van der Waals surface area contributed by atoms with E-state index in [-0.39, 0.29) is 5.41 Å². The Hall–Kier alpha value is -2.05. The maximum Gasteiger partial charge on any atom is 0.0406 e. The first kappa shape index (κ1) is 17.8. The number of rotatable bonds is 1. The van der Waals surface area contributed by atoms with Crippen molar-refractivity contribution in [3.8, 4) is 22.3 Å². The van der Waals surface area contributed by atoms with Crippen LogP contribution < -0.4 is 0 Å². The molecule has 2 bridgehead atoms. The molecule has 2 saturated carbocycles. The van der Waals surface area contributed by atoms with Crippen LogP contribution in [0.4, 0.5) is 0 Å². The maximum atomic E-state index is 6.14. The van der Waals surface area contributed by atoms with Crippen LogP contribution in [0.1, 0.15) is 50.2 Å². The molecule has 0 nitrogen and oxygen atoms in total. The van der Waals surface area contributed by atoms with Crippen LogP contribution >= 0.6 is 11.6 Å². The average Bonchev–Trinajstić information content (AvgIpc) is 3.02. The molecule has 2 fully saturated rings. The van der Waals surface area contributed by atoms with Gasteiger partial charge in [-0.3, -0.25) is 0 Å². The summed E-state index contributed by atoms with van der Waals surface area (Å²) in [6.07, 6.45) is 6.90. The van der Waals surface area contributed by atoms with Gasteiger partial charge < -0.3 is 0 Å². The van der Waals surface area contributed by atoms with Gasteiger partial charge in [-0.25, -0.2) is 0 Å². The Balaban J connectivity index is 1.56. The Morgan fingerprint density at radius 2 is 1.55 bits per heavy atom. The van der Waals surface area contributed by atoms with E-state index < -0.39 is 0 Å². The summed E-state index contributed by atoms with van der Waals surface area (Å²) in [4.78, 5) is 0. The van der Waals surface area contributed by atoms with Gasteiger partial charge in [0.1, 0.15) is 0 Å². The van der Waals surface area contributed by atoms with Gasteiger partial charge in [-0.2, -0.15) is 0 Å². The lowest BCUT2D eigenvalue weighted by molar-refractivity contribution is 0.0856. The Morgan fingerprint density at radius 3 is 2.41 bits per heavy atom. The zero-order valence-electron chi connectivity index (χ0n) is 17.0. The van der Waals surface area contributed by atoms with Gasteiger partial charge in [-0.1, -0.05) is 67.1 Å². The molecule has 0 radical (unpaired) electrons. The smallest absolute Gasteiger partial charge is 0.0406 e. The summed E-state index contributed by atoms with van der Waals surface area (Å²) in [7, 11) is 0. The van der Waals surface area contributed by atoms with Crippen molar-refractivity contribution in [3.05, 3.63) is 82.9 Å². The quantitative estimate of drug-likeness (QED) is 0.388. The van der Waals surface area contributed by atoms with E-state index in [9.17, 15) is 0 Å². The summed E-state index contributed by atoms with van der Waals surface area (Å²) in [5.74, 6) is 2.56. The van der Waals surface area contributed by atoms with Gasteiger partial charge in [-0.05, 0) is 101 Å². The molecule has 1 heteroatoms. The van der Waals surface area contributed by atoms with Crippen LogP contribution in [0.15, 0.2) is 66.7 Å². The average molecular weight is 399 g/mol. The predicted molar refractivity (Wildman–Crippen MR) is 122 cm³/mol. The van der Waals surface area contributed by atoms with Crippen molar-refractivity contribution in [1.82, 2.24) is 0 Å². The van der Waals surface area contributed by atoms with E-state index >= 15 is 0 Å². The molecule has 0 aromatic heterocycles. The molecule has 0 aliphatic heterocycles. The van der Waals surface area contributed by atoms with Crippen LogP contribution in [-0.4, -0.2) is 0 Å². The van der Waals surface area contributed by atoms with Crippen molar-refractivity contribution in [2.45, 2.75) is 44.4 Å². The van der Waals surface area contributed by atoms with Gasteiger partial charge in [0.15, 0.2) is 0 Å². The number of halogens is 1. The number of fused-ring (bicyclic) bond motifs is 8. The number of hydrogen-bond donors (Lipinski definition) is 0. The topological polar surface area (TPSA) is 0 Å². The highest BCUT2D eigenvalue weighted by molar-refractivity contribution is 6.30. The summed E-state index contributed by atoms with van der Waals surface area (Å²) in [6.45, 7) is 2.48. The monoisotopic (exact) mass is 398 g/mol.